The first kappa shape index (κ1) is 25.9. The number of benzene rings is 1. The van der Waals surface area contributed by atoms with Crippen LogP contribution in [0.2, 0.25) is 0 Å². The summed E-state index contributed by atoms with van der Waals surface area (Å²) in [6.07, 6.45) is 1.95. The molecule has 0 atom stereocenters. The first-order valence-electron chi connectivity index (χ1n) is 9.61. The standard InChI is InChI=1S/C20H36N4O2.HI/c1-5-21-20(23-14-16-24(3)15-9-17-25-4)22-13-12-18-10-7-8-11-19(18)26-6-2;/h7-8,10-11H,5-6,9,12-17H2,1-4H3,(H2,21,22,23);1H. The Balaban J connectivity index is 0.00000676. The Hall–Kier alpha value is -1.06. The third kappa shape index (κ3) is 12.1. The lowest BCUT2D eigenvalue weighted by molar-refractivity contribution is 0.180. The zero-order valence-corrected chi connectivity index (χ0v) is 19.6. The number of halogens is 1. The quantitative estimate of drug-likeness (QED) is 0.192. The Morgan fingerprint density at radius 2 is 1.93 bits per heavy atom. The van der Waals surface area contributed by atoms with Crippen molar-refractivity contribution in [2.45, 2.75) is 26.7 Å². The van der Waals surface area contributed by atoms with E-state index >= 15 is 0 Å². The normalized spacial score (nSPS) is 11.2. The molecule has 0 heterocycles. The number of para-hydroxylation sites is 1. The van der Waals surface area contributed by atoms with Gasteiger partial charge < -0.3 is 25.0 Å². The van der Waals surface area contributed by atoms with Crippen molar-refractivity contribution in [3.63, 3.8) is 0 Å². The molecule has 0 radical (unpaired) electrons. The van der Waals surface area contributed by atoms with Crippen LogP contribution in [0.4, 0.5) is 0 Å². The first-order valence-corrected chi connectivity index (χ1v) is 9.61. The maximum absolute atomic E-state index is 5.69. The maximum atomic E-state index is 5.69. The summed E-state index contributed by atoms with van der Waals surface area (Å²) in [5.74, 6) is 1.84. The average Bonchev–Trinajstić information content (AvgIpc) is 2.63. The second kappa shape index (κ2) is 17.1. The molecular weight excluding hydrogens is 455 g/mol. The van der Waals surface area contributed by atoms with E-state index in [1.165, 1.54) is 5.56 Å². The monoisotopic (exact) mass is 492 g/mol. The van der Waals surface area contributed by atoms with E-state index in [4.69, 9.17) is 9.47 Å². The molecule has 0 spiro atoms. The van der Waals surface area contributed by atoms with Gasteiger partial charge in [-0.15, -0.1) is 24.0 Å². The molecule has 0 amide bonds. The molecule has 0 bridgehead atoms. The van der Waals surface area contributed by atoms with Crippen molar-refractivity contribution >= 4 is 29.9 Å². The van der Waals surface area contributed by atoms with Gasteiger partial charge in [0, 0.05) is 39.9 Å². The third-order valence-corrected chi connectivity index (χ3v) is 3.94. The van der Waals surface area contributed by atoms with Gasteiger partial charge in [-0.25, -0.2) is 0 Å². The number of aliphatic imine (C=N–C) groups is 1. The van der Waals surface area contributed by atoms with Crippen molar-refractivity contribution < 1.29 is 9.47 Å². The third-order valence-electron chi connectivity index (χ3n) is 3.94. The van der Waals surface area contributed by atoms with Crippen LogP contribution in [0.15, 0.2) is 29.3 Å². The molecule has 0 aromatic heterocycles. The van der Waals surface area contributed by atoms with Gasteiger partial charge in [0.25, 0.3) is 0 Å². The van der Waals surface area contributed by atoms with E-state index in [9.17, 15) is 0 Å². The molecule has 0 saturated carbocycles. The minimum atomic E-state index is 0. The van der Waals surface area contributed by atoms with Crippen LogP contribution >= 0.6 is 24.0 Å². The van der Waals surface area contributed by atoms with Crippen molar-refractivity contribution in [1.82, 2.24) is 15.5 Å². The van der Waals surface area contributed by atoms with Crippen LogP contribution in [0, 0.1) is 0 Å². The minimum Gasteiger partial charge on any atom is -0.494 e. The Bertz CT molecular complexity index is 515. The zero-order chi connectivity index (χ0) is 19.0. The van der Waals surface area contributed by atoms with Crippen LogP contribution in [0.3, 0.4) is 0 Å². The second-order valence-electron chi connectivity index (χ2n) is 6.13. The molecule has 2 N–H and O–H groups in total. The average molecular weight is 492 g/mol. The summed E-state index contributed by atoms with van der Waals surface area (Å²) >= 11 is 0. The van der Waals surface area contributed by atoms with E-state index in [-0.39, 0.29) is 24.0 Å². The van der Waals surface area contributed by atoms with E-state index in [0.29, 0.717) is 6.61 Å². The fraction of sp³-hybridized carbons (Fsp3) is 0.650. The Morgan fingerprint density at radius 3 is 2.63 bits per heavy atom. The van der Waals surface area contributed by atoms with Gasteiger partial charge in [0.2, 0.25) is 0 Å². The largest absolute Gasteiger partial charge is 0.494 e. The molecule has 0 aliphatic heterocycles. The minimum absolute atomic E-state index is 0. The smallest absolute Gasteiger partial charge is 0.191 e. The predicted molar refractivity (Wildman–Crippen MR) is 125 cm³/mol. The highest BCUT2D eigenvalue weighted by Crippen LogP contribution is 2.17. The van der Waals surface area contributed by atoms with E-state index in [1.54, 1.807) is 7.11 Å². The van der Waals surface area contributed by atoms with Crippen LogP contribution in [-0.4, -0.2) is 71.0 Å². The predicted octanol–water partition coefficient (Wildman–Crippen LogP) is 2.77. The Morgan fingerprint density at radius 1 is 1.15 bits per heavy atom. The molecule has 0 aliphatic carbocycles. The van der Waals surface area contributed by atoms with Gasteiger partial charge in [-0.05, 0) is 45.4 Å². The van der Waals surface area contributed by atoms with Crippen molar-refractivity contribution in [2.24, 2.45) is 4.99 Å². The number of ether oxygens (including phenoxy) is 2. The first-order chi connectivity index (χ1) is 12.7. The van der Waals surface area contributed by atoms with Gasteiger partial charge in [-0.3, -0.25) is 4.99 Å². The highest BCUT2D eigenvalue weighted by atomic mass is 127. The molecule has 0 unspecified atom stereocenters. The molecule has 7 heteroatoms. The second-order valence-corrected chi connectivity index (χ2v) is 6.13. The van der Waals surface area contributed by atoms with Crippen LogP contribution < -0.4 is 15.4 Å². The van der Waals surface area contributed by atoms with Gasteiger partial charge in [0.1, 0.15) is 5.75 Å². The molecule has 1 aromatic rings. The van der Waals surface area contributed by atoms with E-state index in [2.05, 4.69) is 46.6 Å². The van der Waals surface area contributed by atoms with E-state index in [0.717, 1.165) is 63.9 Å². The highest BCUT2D eigenvalue weighted by molar-refractivity contribution is 14.0. The van der Waals surface area contributed by atoms with Crippen molar-refractivity contribution in [2.75, 3.05) is 60.1 Å². The van der Waals surface area contributed by atoms with Crippen LogP contribution in [0.25, 0.3) is 0 Å². The Kier molecular flexibility index (Phi) is 16.4. The lowest BCUT2D eigenvalue weighted by atomic mass is 10.1. The topological polar surface area (TPSA) is 58.1 Å². The summed E-state index contributed by atoms with van der Waals surface area (Å²) < 4.78 is 10.8. The Labute approximate surface area is 182 Å². The van der Waals surface area contributed by atoms with Gasteiger partial charge in [-0.2, -0.15) is 0 Å². The van der Waals surface area contributed by atoms with Crippen LogP contribution in [0.5, 0.6) is 5.75 Å². The zero-order valence-electron chi connectivity index (χ0n) is 17.3. The lowest BCUT2D eigenvalue weighted by Gasteiger charge is -2.16. The number of hydrogen-bond acceptors (Lipinski definition) is 4. The van der Waals surface area contributed by atoms with Crippen LogP contribution in [0.1, 0.15) is 25.8 Å². The van der Waals surface area contributed by atoms with Gasteiger partial charge >= 0.3 is 0 Å². The number of nitrogens with zero attached hydrogens (tertiary/aromatic N) is 2. The summed E-state index contributed by atoms with van der Waals surface area (Å²) in [7, 11) is 3.86. The fourth-order valence-corrected chi connectivity index (χ4v) is 2.59. The number of nitrogens with one attached hydrogen (secondary N) is 2. The summed E-state index contributed by atoms with van der Waals surface area (Å²) in [6.45, 7) is 10.00. The van der Waals surface area contributed by atoms with E-state index in [1.807, 2.05) is 19.1 Å². The molecule has 0 saturated heterocycles. The molecule has 1 aromatic carbocycles. The summed E-state index contributed by atoms with van der Waals surface area (Å²) in [5.41, 5.74) is 1.22. The van der Waals surface area contributed by atoms with Crippen molar-refractivity contribution in [1.29, 1.82) is 0 Å². The SMILES string of the molecule is CCNC(=NCCN(C)CCCOC)NCCc1ccccc1OCC.I. The van der Waals surface area contributed by atoms with Crippen molar-refractivity contribution in [3.8, 4) is 5.75 Å². The van der Waals surface area contributed by atoms with Crippen LogP contribution in [-0.2, 0) is 11.2 Å². The molecule has 27 heavy (non-hydrogen) atoms. The molecule has 6 nitrogen and oxygen atoms in total. The fourth-order valence-electron chi connectivity index (χ4n) is 2.59. The van der Waals surface area contributed by atoms with Gasteiger partial charge in [-0.1, -0.05) is 18.2 Å². The van der Waals surface area contributed by atoms with E-state index < -0.39 is 0 Å². The summed E-state index contributed by atoms with van der Waals surface area (Å²) in [6, 6.07) is 8.20. The molecule has 0 fully saturated rings. The van der Waals surface area contributed by atoms with Gasteiger partial charge in [0.15, 0.2) is 5.96 Å². The number of methoxy groups -OCH3 is 1. The maximum Gasteiger partial charge on any atom is 0.191 e. The number of likely N-dealkylation sites (N-methyl/N-ethyl adjacent to an activating group) is 1. The number of guanidine groups is 1. The number of hydrogen-bond donors (Lipinski definition) is 2. The molecular formula is C20H37IN4O2. The molecule has 156 valence electrons. The summed E-state index contributed by atoms with van der Waals surface area (Å²) in [5, 5.41) is 6.71. The molecule has 0 aliphatic rings. The van der Waals surface area contributed by atoms with Crippen molar-refractivity contribution in [3.05, 3.63) is 29.8 Å². The molecule has 1 rings (SSSR count). The van der Waals surface area contributed by atoms with Gasteiger partial charge in [0.05, 0.1) is 13.2 Å². The summed E-state index contributed by atoms with van der Waals surface area (Å²) in [4.78, 5) is 6.94. The highest BCUT2D eigenvalue weighted by Gasteiger charge is 2.04. The lowest BCUT2D eigenvalue weighted by Crippen LogP contribution is -2.39. The number of rotatable bonds is 13.